The smallest absolute Gasteiger partial charge is 0.162 e. The van der Waals surface area contributed by atoms with Gasteiger partial charge in [0, 0.05) is 10.8 Å². The van der Waals surface area contributed by atoms with Crippen LogP contribution in [-0.4, -0.2) is 19.5 Å². The fourth-order valence-electron chi connectivity index (χ4n) is 1.87. The molecule has 1 aliphatic heterocycles. The van der Waals surface area contributed by atoms with E-state index in [9.17, 15) is 0 Å². The summed E-state index contributed by atoms with van der Waals surface area (Å²) in [5.74, 6) is 0. The van der Waals surface area contributed by atoms with Crippen molar-refractivity contribution >= 4 is 0 Å². The zero-order chi connectivity index (χ0) is 11.5. The van der Waals surface area contributed by atoms with E-state index >= 15 is 0 Å². The second-order valence-corrected chi connectivity index (χ2v) is 5.50. The summed E-state index contributed by atoms with van der Waals surface area (Å²) in [6.07, 6.45) is 3.35. The Hall–Kier alpha value is -0.0800. The lowest BCUT2D eigenvalue weighted by Gasteiger charge is -2.44. The van der Waals surface area contributed by atoms with Crippen molar-refractivity contribution in [3.05, 3.63) is 0 Å². The van der Waals surface area contributed by atoms with Crippen molar-refractivity contribution in [3.63, 3.8) is 0 Å². The van der Waals surface area contributed by atoms with Crippen molar-refractivity contribution in [1.29, 1.82) is 0 Å². The van der Waals surface area contributed by atoms with E-state index < -0.39 is 0 Å². The Kier molecular flexibility index (Phi) is 4.19. The molecule has 0 radical (unpaired) electrons. The highest BCUT2D eigenvalue weighted by Crippen LogP contribution is 2.37. The Labute approximate surface area is 94.3 Å². The van der Waals surface area contributed by atoms with Gasteiger partial charge in [0.25, 0.3) is 0 Å². The average Bonchev–Trinajstić information content (AvgIpc) is 2.29. The third-order valence-corrected chi connectivity index (χ3v) is 4.13. The molecule has 0 aliphatic carbocycles. The molecule has 0 atom stereocenters. The molecule has 0 aromatic heterocycles. The summed E-state index contributed by atoms with van der Waals surface area (Å²) >= 11 is 0. The van der Waals surface area contributed by atoms with E-state index in [1.807, 2.05) is 0 Å². The molecule has 15 heavy (non-hydrogen) atoms. The summed E-state index contributed by atoms with van der Waals surface area (Å²) in [6, 6.07) is 0. The van der Waals surface area contributed by atoms with Gasteiger partial charge < -0.3 is 9.47 Å². The first-order valence-electron chi connectivity index (χ1n) is 6.23. The van der Waals surface area contributed by atoms with Crippen molar-refractivity contribution < 1.29 is 9.47 Å². The van der Waals surface area contributed by atoms with Gasteiger partial charge in [-0.1, -0.05) is 34.6 Å². The number of hydrogen-bond acceptors (Lipinski definition) is 2. The molecule has 2 heteroatoms. The summed E-state index contributed by atoms with van der Waals surface area (Å²) in [4.78, 5) is 0. The van der Waals surface area contributed by atoms with E-state index in [4.69, 9.17) is 9.47 Å². The van der Waals surface area contributed by atoms with Gasteiger partial charge in [0.15, 0.2) is 6.29 Å². The molecule has 2 nitrogen and oxygen atoms in total. The van der Waals surface area contributed by atoms with Gasteiger partial charge in [-0.2, -0.15) is 0 Å². The standard InChI is InChI=1S/C13H26O2/c1-6-12(4,5)11-14-9-13(7-2,8-3)10-15-11/h11H,6-10H2,1-5H3. The first-order chi connectivity index (χ1) is 6.99. The molecule has 0 bridgehead atoms. The lowest BCUT2D eigenvalue weighted by molar-refractivity contribution is -0.270. The molecule has 1 saturated heterocycles. The molecule has 0 saturated carbocycles. The average molecular weight is 214 g/mol. The molecule has 0 N–H and O–H groups in total. The summed E-state index contributed by atoms with van der Waals surface area (Å²) < 4.78 is 11.8. The zero-order valence-electron chi connectivity index (χ0n) is 10.9. The number of ether oxygens (including phenoxy) is 2. The lowest BCUT2D eigenvalue weighted by atomic mass is 9.82. The first-order valence-corrected chi connectivity index (χ1v) is 6.23. The maximum Gasteiger partial charge on any atom is 0.162 e. The van der Waals surface area contributed by atoms with Crippen LogP contribution < -0.4 is 0 Å². The number of rotatable bonds is 4. The summed E-state index contributed by atoms with van der Waals surface area (Å²) in [5, 5.41) is 0. The predicted molar refractivity (Wildman–Crippen MR) is 62.8 cm³/mol. The molecule has 1 heterocycles. The van der Waals surface area contributed by atoms with Gasteiger partial charge >= 0.3 is 0 Å². The molecule has 0 aromatic carbocycles. The van der Waals surface area contributed by atoms with Gasteiger partial charge in [-0.05, 0) is 19.3 Å². The molecular weight excluding hydrogens is 188 g/mol. The minimum Gasteiger partial charge on any atom is -0.351 e. The maximum atomic E-state index is 5.91. The van der Waals surface area contributed by atoms with E-state index in [0.29, 0.717) is 0 Å². The zero-order valence-corrected chi connectivity index (χ0v) is 10.9. The molecule has 0 amide bonds. The quantitative estimate of drug-likeness (QED) is 0.712. The van der Waals surface area contributed by atoms with Gasteiger partial charge in [0.1, 0.15) is 0 Å². The molecule has 90 valence electrons. The van der Waals surface area contributed by atoms with E-state index in [-0.39, 0.29) is 17.1 Å². The molecule has 1 fully saturated rings. The van der Waals surface area contributed by atoms with Crippen LogP contribution in [0.15, 0.2) is 0 Å². The van der Waals surface area contributed by atoms with Crippen LogP contribution in [-0.2, 0) is 9.47 Å². The second kappa shape index (κ2) is 4.84. The van der Waals surface area contributed by atoms with Crippen LogP contribution in [0.5, 0.6) is 0 Å². The molecule has 1 rings (SSSR count). The Morgan fingerprint density at radius 1 is 1.07 bits per heavy atom. The van der Waals surface area contributed by atoms with Crippen LogP contribution in [0.1, 0.15) is 53.9 Å². The monoisotopic (exact) mass is 214 g/mol. The third kappa shape index (κ3) is 2.73. The van der Waals surface area contributed by atoms with Crippen LogP contribution >= 0.6 is 0 Å². The minimum absolute atomic E-state index is 0.0197. The van der Waals surface area contributed by atoms with Crippen molar-refractivity contribution in [3.8, 4) is 0 Å². The molecule has 0 aromatic rings. The SMILES string of the molecule is CCC1(CC)COC(C(C)(C)CC)OC1. The first kappa shape index (κ1) is 13.0. The molecular formula is C13H26O2. The van der Waals surface area contributed by atoms with Crippen molar-refractivity contribution in [1.82, 2.24) is 0 Å². The van der Waals surface area contributed by atoms with Crippen molar-refractivity contribution in [2.24, 2.45) is 10.8 Å². The van der Waals surface area contributed by atoms with Gasteiger partial charge in [-0.15, -0.1) is 0 Å². The van der Waals surface area contributed by atoms with Gasteiger partial charge in [-0.3, -0.25) is 0 Å². The van der Waals surface area contributed by atoms with Crippen LogP contribution in [0.2, 0.25) is 0 Å². The summed E-state index contributed by atoms with van der Waals surface area (Å²) in [6.45, 7) is 12.8. The highest BCUT2D eigenvalue weighted by atomic mass is 16.7. The second-order valence-electron chi connectivity index (χ2n) is 5.50. The van der Waals surface area contributed by atoms with E-state index in [2.05, 4.69) is 34.6 Å². The molecule has 1 aliphatic rings. The van der Waals surface area contributed by atoms with Crippen molar-refractivity contribution in [2.45, 2.75) is 60.2 Å². The molecule has 0 unspecified atom stereocenters. The molecule has 0 spiro atoms. The normalized spacial score (nSPS) is 23.0. The number of hydrogen-bond donors (Lipinski definition) is 0. The van der Waals surface area contributed by atoms with Crippen molar-refractivity contribution in [2.75, 3.05) is 13.2 Å². The van der Waals surface area contributed by atoms with Crippen LogP contribution in [0, 0.1) is 10.8 Å². The Morgan fingerprint density at radius 2 is 1.53 bits per heavy atom. The largest absolute Gasteiger partial charge is 0.351 e. The highest BCUT2D eigenvalue weighted by Gasteiger charge is 2.39. The van der Waals surface area contributed by atoms with Crippen LogP contribution in [0.3, 0.4) is 0 Å². The lowest BCUT2D eigenvalue weighted by Crippen LogP contribution is -2.46. The highest BCUT2D eigenvalue weighted by molar-refractivity contribution is 4.82. The van der Waals surface area contributed by atoms with E-state index in [1.165, 1.54) is 0 Å². The summed E-state index contributed by atoms with van der Waals surface area (Å²) in [5.41, 5.74) is 0.397. The topological polar surface area (TPSA) is 18.5 Å². The predicted octanol–water partition coefficient (Wildman–Crippen LogP) is 3.60. The van der Waals surface area contributed by atoms with E-state index in [0.717, 1.165) is 32.5 Å². The maximum absolute atomic E-state index is 5.91. The van der Waals surface area contributed by atoms with Gasteiger partial charge in [0.2, 0.25) is 0 Å². The fourth-order valence-corrected chi connectivity index (χ4v) is 1.87. The Bertz CT molecular complexity index is 185. The Morgan fingerprint density at radius 3 is 1.87 bits per heavy atom. The van der Waals surface area contributed by atoms with Crippen LogP contribution in [0.25, 0.3) is 0 Å². The fraction of sp³-hybridized carbons (Fsp3) is 1.00. The minimum atomic E-state index is -0.0197. The Balaban J connectivity index is 2.55. The van der Waals surface area contributed by atoms with Gasteiger partial charge in [-0.25, -0.2) is 0 Å². The van der Waals surface area contributed by atoms with Crippen LogP contribution in [0.4, 0.5) is 0 Å². The van der Waals surface area contributed by atoms with E-state index in [1.54, 1.807) is 0 Å². The summed E-state index contributed by atoms with van der Waals surface area (Å²) in [7, 11) is 0. The third-order valence-electron chi connectivity index (χ3n) is 4.13. The van der Waals surface area contributed by atoms with Gasteiger partial charge in [0.05, 0.1) is 13.2 Å².